The number of rotatable bonds is 1. The lowest BCUT2D eigenvalue weighted by Crippen LogP contribution is -2.31. The second kappa shape index (κ2) is 2.39. The molecule has 0 radical (unpaired) electrons. The largest absolute Gasteiger partial charge is 0.389 e. The smallest absolute Gasteiger partial charge is 0.0741 e. The molecule has 0 saturated heterocycles. The molecule has 0 bridgehead atoms. The minimum absolute atomic E-state index is 0.376. The zero-order valence-electron chi connectivity index (χ0n) is 7.02. The van der Waals surface area contributed by atoms with Crippen LogP contribution in [0, 0.1) is 5.92 Å². The van der Waals surface area contributed by atoms with Crippen molar-refractivity contribution in [3.63, 3.8) is 0 Å². The van der Waals surface area contributed by atoms with Gasteiger partial charge in [-0.25, -0.2) is 0 Å². The lowest BCUT2D eigenvalue weighted by atomic mass is 9.87. The van der Waals surface area contributed by atoms with Gasteiger partial charge in [-0.15, -0.1) is 0 Å². The lowest BCUT2D eigenvalue weighted by Gasteiger charge is -2.27. The zero-order valence-corrected chi connectivity index (χ0v) is 7.02. The van der Waals surface area contributed by atoms with Crippen molar-refractivity contribution < 1.29 is 5.11 Å². The van der Waals surface area contributed by atoms with Crippen LogP contribution in [0.1, 0.15) is 33.6 Å². The van der Waals surface area contributed by atoms with Crippen LogP contribution in [-0.4, -0.2) is 10.7 Å². The lowest BCUT2D eigenvalue weighted by molar-refractivity contribution is 0.00629. The van der Waals surface area contributed by atoms with Crippen molar-refractivity contribution in [2.45, 2.75) is 39.2 Å². The molecule has 0 amide bonds. The third kappa shape index (κ3) is 1.24. The van der Waals surface area contributed by atoms with Gasteiger partial charge in [-0.05, 0) is 25.7 Å². The highest BCUT2D eigenvalue weighted by Gasteiger charge is 2.33. The Morgan fingerprint density at radius 1 is 1.60 bits per heavy atom. The van der Waals surface area contributed by atoms with Crippen LogP contribution in [0.2, 0.25) is 0 Å². The van der Waals surface area contributed by atoms with Crippen molar-refractivity contribution in [3.8, 4) is 0 Å². The van der Waals surface area contributed by atoms with Gasteiger partial charge in [0.2, 0.25) is 0 Å². The second-order valence-electron chi connectivity index (χ2n) is 3.69. The maximum atomic E-state index is 9.89. The second-order valence-corrected chi connectivity index (χ2v) is 3.69. The molecule has 1 aliphatic rings. The van der Waals surface area contributed by atoms with Crippen molar-refractivity contribution in [2.24, 2.45) is 5.92 Å². The van der Waals surface area contributed by atoms with Crippen LogP contribution in [0.4, 0.5) is 0 Å². The van der Waals surface area contributed by atoms with E-state index >= 15 is 0 Å². The van der Waals surface area contributed by atoms with E-state index < -0.39 is 5.60 Å². The predicted octanol–water partition coefficient (Wildman–Crippen LogP) is 2.11. The Bertz CT molecular complexity index is 158. The first kappa shape index (κ1) is 7.80. The molecule has 0 aromatic heterocycles. The fourth-order valence-corrected chi connectivity index (χ4v) is 1.42. The van der Waals surface area contributed by atoms with E-state index in [9.17, 15) is 5.11 Å². The minimum Gasteiger partial charge on any atom is -0.389 e. The standard InChI is InChI=1S/C9H16O/c1-7(2)9(10)5-4-8(3)6-9/h4,7,10H,5-6H2,1-3H3. The Hall–Kier alpha value is -0.300. The van der Waals surface area contributed by atoms with E-state index in [0.29, 0.717) is 5.92 Å². The molecule has 1 atom stereocenters. The van der Waals surface area contributed by atoms with E-state index in [-0.39, 0.29) is 0 Å². The third-order valence-electron chi connectivity index (χ3n) is 2.46. The molecule has 1 heteroatoms. The predicted molar refractivity (Wildman–Crippen MR) is 42.8 cm³/mol. The van der Waals surface area contributed by atoms with Gasteiger partial charge in [0.15, 0.2) is 0 Å². The van der Waals surface area contributed by atoms with Crippen molar-refractivity contribution >= 4 is 0 Å². The van der Waals surface area contributed by atoms with Gasteiger partial charge >= 0.3 is 0 Å². The molecule has 1 N–H and O–H groups in total. The molecule has 0 heterocycles. The topological polar surface area (TPSA) is 20.2 Å². The van der Waals surface area contributed by atoms with Gasteiger partial charge in [-0.2, -0.15) is 0 Å². The molecule has 0 saturated carbocycles. The van der Waals surface area contributed by atoms with Crippen LogP contribution in [0.3, 0.4) is 0 Å². The van der Waals surface area contributed by atoms with Crippen molar-refractivity contribution in [1.82, 2.24) is 0 Å². The number of hydrogen-bond donors (Lipinski definition) is 1. The maximum Gasteiger partial charge on any atom is 0.0741 e. The van der Waals surface area contributed by atoms with Gasteiger partial charge in [0, 0.05) is 0 Å². The summed E-state index contributed by atoms with van der Waals surface area (Å²) in [6, 6.07) is 0. The fourth-order valence-electron chi connectivity index (χ4n) is 1.42. The highest BCUT2D eigenvalue weighted by Crippen LogP contribution is 2.34. The molecule has 1 rings (SSSR count). The van der Waals surface area contributed by atoms with Crippen molar-refractivity contribution in [3.05, 3.63) is 11.6 Å². The fraction of sp³-hybridized carbons (Fsp3) is 0.778. The van der Waals surface area contributed by atoms with E-state index in [1.807, 2.05) is 0 Å². The number of aliphatic hydroxyl groups is 1. The molecule has 0 spiro atoms. The Morgan fingerprint density at radius 3 is 2.40 bits per heavy atom. The van der Waals surface area contributed by atoms with Gasteiger partial charge < -0.3 is 5.11 Å². The molecule has 10 heavy (non-hydrogen) atoms. The van der Waals surface area contributed by atoms with Crippen LogP contribution in [0.5, 0.6) is 0 Å². The first-order valence-electron chi connectivity index (χ1n) is 3.92. The molecular formula is C9H16O. The van der Waals surface area contributed by atoms with Crippen LogP contribution in [-0.2, 0) is 0 Å². The van der Waals surface area contributed by atoms with E-state index in [1.54, 1.807) is 0 Å². The van der Waals surface area contributed by atoms with Crippen LogP contribution < -0.4 is 0 Å². The molecular weight excluding hydrogens is 124 g/mol. The van der Waals surface area contributed by atoms with Gasteiger partial charge in [-0.3, -0.25) is 0 Å². The summed E-state index contributed by atoms with van der Waals surface area (Å²) in [5.41, 5.74) is 0.903. The molecule has 1 nitrogen and oxygen atoms in total. The molecule has 0 fully saturated rings. The van der Waals surface area contributed by atoms with Gasteiger partial charge in [0.1, 0.15) is 0 Å². The highest BCUT2D eigenvalue weighted by atomic mass is 16.3. The van der Waals surface area contributed by atoms with E-state index in [4.69, 9.17) is 0 Å². The van der Waals surface area contributed by atoms with Gasteiger partial charge in [0.25, 0.3) is 0 Å². The first-order valence-corrected chi connectivity index (χ1v) is 3.92. The normalized spacial score (nSPS) is 33.1. The molecule has 1 unspecified atom stereocenters. The summed E-state index contributed by atoms with van der Waals surface area (Å²) in [7, 11) is 0. The maximum absolute atomic E-state index is 9.89. The van der Waals surface area contributed by atoms with E-state index in [2.05, 4.69) is 26.8 Å². The molecule has 0 aliphatic heterocycles. The van der Waals surface area contributed by atoms with Gasteiger partial charge in [0.05, 0.1) is 5.60 Å². The van der Waals surface area contributed by atoms with Crippen LogP contribution in [0.15, 0.2) is 11.6 Å². The highest BCUT2D eigenvalue weighted by molar-refractivity contribution is 5.14. The Balaban J connectivity index is 2.61. The van der Waals surface area contributed by atoms with E-state index in [1.165, 1.54) is 5.57 Å². The van der Waals surface area contributed by atoms with Crippen molar-refractivity contribution in [2.75, 3.05) is 0 Å². The Morgan fingerprint density at radius 2 is 2.20 bits per heavy atom. The van der Waals surface area contributed by atoms with E-state index in [0.717, 1.165) is 12.8 Å². The molecule has 58 valence electrons. The SMILES string of the molecule is CC1=CCC(O)(C(C)C)C1. The summed E-state index contributed by atoms with van der Waals surface area (Å²) in [5, 5.41) is 9.89. The summed E-state index contributed by atoms with van der Waals surface area (Å²) in [6.07, 6.45) is 3.85. The summed E-state index contributed by atoms with van der Waals surface area (Å²) in [5.74, 6) is 0.376. The molecule has 1 aliphatic carbocycles. The molecule has 0 aromatic rings. The summed E-state index contributed by atoms with van der Waals surface area (Å²) in [6.45, 7) is 6.24. The average Bonchev–Trinajstić information content (AvgIpc) is 2.13. The van der Waals surface area contributed by atoms with Crippen LogP contribution in [0.25, 0.3) is 0 Å². The summed E-state index contributed by atoms with van der Waals surface area (Å²) >= 11 is 0. The third-order valence-corrected chi connectivity index (χ3v) is 2.46. The Kier molecular flexibility index (Phi) is 1.86. The number of hydrogen-bond acceptors (Lipinski definition) is 1. The Labute approximate surface area is 62.8 Å². The quantitative estimate of drug-likeness (QED) is 0.553. The van der Waals surface area contributed by atoms with Gasteiger partial charge in [-0.1, -0.05) is 25.5 Å². The molecule has 0 aromatic carbocycles. The summed E-state index contributed by atoms with van der Waals surface area (Å²) in [4.78, 5) is 0. The zero-order chi connectivity index (χ0) is 7.78. The van der Waals surface area contributed by atoms with Crippen molar-refractivity contribution in [1.29, 1.82) is 0 Å². The monoisotopic (exact) mass is 140 g/mol. The first-order chi connectivity index (χ1) is 4.54. The summed E-state index contributed by atoms with van der Waals surface area (Å²) < 4.78 is 0. The minimum atomic E-state index is -0.427. The average molecular weight is 140 g/mol. The van der Waals surface area contributed by atoms with Crippen LogP contribution >= 0.6 is 0 Å².